The van der Waals surface area contributed by atoms with Crippen LogP contribution in [-0.4, -0.2) is 20.9 Å². The van der Waals surface area contributed by atoms with Gasteiger partial charge in [0, 0.05) is 12.5 Å². The minimum Gasteiger partial charge on any atom is -0.361 e. The summed E-state index contributed by atoms with van der Waals surface area (Å²) in [5, 5.41) is 13.5. The second-order valence-electron chi connectivity index (χ2n) is 3.28. The van der Waals surface area contributed by atoms with Crippen molar-refractivity contribution in [1.82, 2.24) is 9.97 Å². The Morgan fingerprint density at radius 3 is 2.94 bits per heavy atom. The molecule has 0 spiro atoms. The number of rotatable bonds is 5. The molecular weight excluding hydrogens is 244 g/mol. The van der Waals surface area contributed by atoms with Crippen molar-refractivity contribution < 1.29 is 4.92 Å². The van der Waals surface area contributed by atoms with Crippen LogP contribution in [0.15, 0.2) is 6.33 Å². The van der Waals surface area contributed by atoms with Gasteiger partial charge in [-0.15, -0.1) is 12.3 Å². The molecule has 1 rings (SSSR count). The minimum absolute atomic E-state index is 0.0790. The lowest BCUT2D eigenvalue weighted by Crippen LogP contribution is -2.19. The van der Waals surface area contributed by atoms with E-state index in [0.717, 1.165) is 6.42 Å². The number of hydrogen-bond donors (Lipinski definition) is 1. The molecule has 0 aromatic carbocycles. The van der Waals surface area contributed by atoms with E-state index in [4.69, 9.17) is 18.0 Å². The average molecular weight is 255 g/mol. The second-order valence-corrected chi connectivity index (χ2v) is 3.63. The second kappa shape index (κ2) is 6.01. The van der Waals surface area contributed by atoms with Crippen LogP contribution in [0.4, 0.5) is 11.5 Å². The molecule has 1 aromatic rings. The van der Waals surface area contributed by atoms with Crippen LogP contribution in [0.1, 0.15) is 19.8 Å². The highest BCUT2D eigenvalue weighted by molar-refractivity contribution is 6.31. The van der Waals surface area contributed by atoms with Gasteiger partial charge in [-0.1, -0.05) is 18.5 Å². The summed E-state index contributed by atoms with van der Waals surface area (Å²) in [6, 6.07) is -0.0790. The fourth-order valence-electron chi connectivity index (χ4n) is 1.26. The van der Waals surface area contributed by atoms with Gasteiger partial charge in [0.2, 0.25) is 11.0 Å². The van der Waals surface area contributed by atoms with Crippen molar-refractivity contribution >= 4 is 23.1 Å². The topological polar surface area (TPSA) is 81.0 Å². The molecule has 1 atom stereocenters. The lowest BCUT2D eigenvalue weighted by atomic mass is 10.1. The van der Waals surface area contributed by atoms with Crippen molar-refractivity contribution in [3.8, 4) is 12.3 Å². The predicted molar refractivity (Wildman–Crippen MR) is 64.8 cm³/mol. The summed E-state index contributed by atoms with van der Waals surface area (Å²) in [6.07, 6.45) is 7.55. The zero-order valence-electron chi connectivity index (χ0n) is 9.18. The Morgan fingerprint density at radius 2 is 2.41 bits per heavy atom. The zero-order chi connectivity index (χ0) is 12.8. The first-order chi connectivity index (χ1) is 8.10. The molecule has 1 N–H and O–H groups in total. The molecule has 0 fully saturated rings. The quantitative estimate of drug-likeness (QED) is 0.377. The molecule has 0 aliphatic carbocycles. The van der Waals surface area contributed by atoms with Crippen LogP contribution in [0, 0.1) is 22.5 Å². The van der Waals surface area contributed by atoms with Crippen LogP contribution in [0.3, 0.4) is 0 Å². The van der Waals surface area contributed by atoms with Crippen LogP contribution in [-0.2, 0) is 0 Å². The van der Waals surface area contributed by atoms with Crippen LogP contribution in [0.5, 0.6) is 0 Å². The third kappa shape index (κ3) is 3.29. The highest BCUT2D eigenvalue weighted by atomic mass is 35.5. The smallest absolute Gasteiger partial charge is 0.348 e. The standard InChI is InChI=1S/C10H11ClN4O2/c1-3-5-7(4-2)14-10-8(15(16)17)9(11)12-6-13-10/h1,6-7H,4-5H2,2H3,(H,12,13,14). The molecule has 0 amide bonds. The molecule has 90 valence electrons. The van der Waals surface area contributed by atoms with Gasteiger partial charge in [-0.25, -0.2) is 9.97 Å². The minimum atomic E-state index is -0.618. The maximum atomic E-state index is 10.8. The Bertz CT molecular complexity index is 458. The van der Waals surface area contributed by atoms with Crippen LogP contribution in [0.25, 0.3) is 0 Å². The van der Waals surface area contributed by atoms with E-state index in [2.05, 4.69) is 21.2 Å². The van der Waals surface area contributed by atoms with Crippen LogP contribution >= 0.6 is 11.6 Å². The summed E-state index contributed by atoms with van der Waals surface area (Å²) >= 11 is 5.65. The van der Waals surface area contributed by atoms with Crippen molar-refractivity contribution in [3.63, 3.8) is 0 Å². The zero-order valence-corrected chi connectivity index (χ0v) is 9.94. The first kappa shape index (κ1) is 13.2. The SMILES string of the molecule is C#CCC(CC)Nc1ncnc(Cl)c1[N+](=O)[O-]. The van der Waals surface area contributed by atoms with Crippen LogP contribution in [0.2, 0.25) is 5.15 Å². The first-order valence-corrected chi connectivity index (χ1v) is 5.32. The molecule has 6 nitrogen and oxygen atoms in total. The number of aromatic nitrogens is 2. The molecule has 1 heterocycles. The summed E-state index contributed by atoms with van der Waals surface area (Å²) in [6.45, 7) is 1.92. The average Bonchev–Trinajstić information content (AvgIpc) is 2.28. The number of nitrogens with one attached hydrogen (secondary N) is 1. The summed E-state index contributed by atoms with van der Waals surface area (Å²) in [5.74, 6) is 2.59. The molecule has 0 saturated heterocycles. The lowest BCUT2D eigenvalue weighted by molar-refractivity contribution is -0.384. The normalized spacial score (nSPS) is 11.6. The van der Waals surface area contributed by atoms with E-state index in [1.807, 2.05) is 6.92 Å². The van der Waals surface area contributed by atoms with Crippen molar-refractivity contribution in [1.29, 1.82) is 0 Å². The number of terminal acetylenes is 1. The Morgan fingerprint density at radius 1 is 1.71 bits per heavy atom. The van der Waals surface area contributed by atoms with E-state index in [-0.39, 0.29) is 22.7 Å². The Labute approximate surface area is 104 Å². The van der Waals surface area contributed by atoms with Gasteiger partial charge in [0.1, 0.15) is 6.33 Å². The maximum absolute atomic E-state index is 10.8. The highest BCUT2D eigenvalue weighted by Gasteiger charge is 2.22. The first-order valence-electron chi connectivity index (χ1n) is 4.95. The Kier molecular flexibility index (Phi) is 4.67. The molecule has 0 aliphatic rings. The van der Waals surface area contributed by atoms with Gasteiger partial charge in [-0.2, -0.15) is 0 Å². The fourth-order valence-corrected chi connectivity index (χ4v) is 1.46. The molecule has 1 aromatic heterocycles. The third-order valence-electron chi connectivity index (χ3n) is 2.16. The van der Waals surface area contributed by atoms with Gasteiger partial charge < -0.3 is 5.32 Å². The van der Waals surface area contributed by atoms with Crippen molar-refractivity contribution in [2.24, 2.45) is 0 Å². The van der Waals surface area contributed by atoms with Gasteiger partial charge >= 0.3 is 5.69 Å². The van der Waals surface area contributed by atoms with E-state index in [0.29, 0.717) is 6.42 Å². The Hall–Kier alpha value is -1.87. The number of hydrogen-bond acceptors (Lipinski definition) is 5. The van der Waals surface area contributed by atoms with E-state index < -0.39 is 4.92 Å². The highest BCUT2D eigenvalue weighted by Crippen LogP contribution is 2.29. The van der Waals surface area contributed by atoms with Gasteiger partial charge in [-0.3, -0.25) is 10.1 Å². The molecule has 7 heteroatoms. The molecule has 0 bridgehead atoms. The van der Waals surface area contributed by atoms with Gasteiger partial charge in [0.15, 0.2) is 0 Å². The molecular formula is C10H11ClN4O2. The fraction of sp³-hybridized carbons (Fsp3) is 0.400. The Balaban J connectivity index is 3.02. The third-order valence-corrected chi connectivity index (χ3v) is 2.43. The monoisotopic (exact) mass is 254 g/mol. The number of nitro groups is 1. The van der Waals surface area contributed by atoms with E-state index >= 15 is 0 Å². The summed E-state index contributed by atoms with van der Waals surface area (Å²) < 4.78 is 0. The van der Waals surface area contributed by atoms with Crippen LogP contribution < -0.4 is 5.32 Å². The van der Waals surface area contributed by atoms with E-state index in [1.54, 1.807) is 0 Å². The van der Waals surface area contributed by atoms with Gasteiger partial charge in [-0.05, 0) is 6.42 Å². The number of nitrogens with zero attached hydrogens (tertiary/aromatic N) is 3. The molecule has 17 heavy (non-hydrogen) atoms. The van der Waals surface area contributed by atoms with Crippen molar-refractivity contribution in [2.45, 2.75) is 25.8 Å². The predicted octanol–water partition coefficient (Wildman–Crippen LogP) is 2.25. The molecule has 1 unspecified atom stereocenters. The number of halogens is 1. The van der Waals surface area contributed by atoms with E-state index in [9.17, 15) is 10.1 Å². The summed E-state index contributed by atoms with van der Waals surface area (Å²) in [5.41, 5.74) is -0.329. The van der Waals surface area contributed by atoms with Crippen molar-refractivity contribution in [2.75, 3.05) is 5.32 Å². The van der Waals surface area contributed by atoms with Gasteiger partial charge in [0.25, 0.3) is 0 Å². The van der Waals surface area contributed by atoms with Gasteiger partial charge in [0.05, 0.1) is 4.92 Å². The summed E-state index contributed by atoms with van der Waals surface area (Å²) in [7, 11) is 0. The number of anilines is 1. The molecule has 0 saturated carbocycles. The largest absolute Gasteiger partial charge is 0.361 e. The molecule has 0 aliphatic heterocycles. The molecule has 0 radical (unpaired) electrons. The maximum Gasteiger partial charge on any atom is 0.348 e. The van der Waals surface area contributed by atoms with E-state index in [1.165, 1.54) is 6.33 Å². The lowest BCUT2D eigenvalue weighted by Gasteiger charge is -2.14. The van der Waals surface area contributed by atoms with Crippen molar-refractivity contribution in [3.05, 3.63) is 21.6 Å². The summed E-state index contributed by atoms with van der Waals surface area (Å²) in [4.78, 5) is 17.6.